The van der Waals surface area contributed by atoms with E-state index >= 15 is 0 Å². The zero-order chi connectivity index (χ0) is 20.4. The highest BCUT2D eigenvalue weighted by Gasteiger charge is 2.24. The van der Waals surface area contributed by atoms with Crippen LogP contribution in [-0.4, -0.2) is 10.8 Å². The fraction of sp³-hybridized carbons (Fsp3) is 0.370. The van der Waals surface area contributed by atoms with Gasteiger partial charge in [-0.15, -0.1) is 0 Å². The van der Waals surface area contributed by atoms with Crippen LogP contribution in [0.5, 0.6) is 0 Å². The van der Waals surface area contributed by atoms with Crippen LogP contribution in [0.1, 0.15) is 67.2 Å². The third-order valence-corrected chi connectivity index (χ3v) is 6.54. The van der Waals surface area contributed by atoms with Crippen molar-refractivity contribution in [3.05, 3.63) is 70.9 Å². The van der Waals surface area contributed by atoms with Crippen molar-refractivity contribution in [3.63, 3.8) is 0 Å². The molecule has 1 aromatic heterocycles. The number of carbonyl (C=O) groups excluding carboxylic acids is 1. The van der Waals surface area contributed by atoms with Gasteiger partial charge in [0.2, 0.25) is 0 Å². The number of aryl methyl sites for hydroxylation is 3. The summed E-state index contributed by atoms with van der Waals surface area (Å²) in [5, 5.41) is 0. The Morgan fingerprint density at radius 2 is 1.66 bits per heavy atom. The van der Waals surface area contributed by atoms with Gasteiger partial charge in [0.1, 0.15) is 0 Å². The maximum absolute atomic E-state index is 12.8. The quantitative estimate of drug-likeness (QED) is 0.470. The molecular weight excluding hydrogens is 354 g/mol. The van der Waals surface area contributed by atoms with Crippen LogP contribution >= 0.6 is 0 Å². The third-order valence-electron chi connectivity index (χ3n) is 6.54. The summed E-state index contributed by atoms with van der Waals surface area (Å²) in [5.74, 6) is 0.821. The van der Waals surface area contributed by atoms with Crippen LogP contribution < -0.4 is 0 Å². The highest BCUT2D eigenvalue weighted by Crippen LogP contribution is 2.34. The van der Waals surface area contributed by atoms with Crippen LogP contribution in [0.3, 0.4) is 0 Å². The minimum Gasteiger partial charge on any atom is -0.358 e. The number of benzene rings is 2. The second kappa shape index (κ2) is 8.41. The largest absolute Gasteiger partial charge is 0.358 e. The van der Waals surface area contributed by atoms with Gasteiger partial charge in [-0.1, -0.05) is 63.6 Å². The van der Waals surface area contributed by atoms with Crippen LogP contribution in [0.15, 0.2) is 48.5 Å². The number of hydrogen-bond acceptors (Lipinski definition) is 1. The van der Waals surface area contributed by atoms with E-state index in [1.165, 1.54) is 22.3 Å². The van der Waals surface area contributed by atoms with E-state index in [4.69, 9.17) is 0 Å². The first-order valence-electron chi connectivity index (χ1n) is 11.1. The molecule has 0 saturated carbocycles. The van der Waals surface area contributed by atoms with E-state index in [-0.39, 0.29) is 0 Å². The lowest BCUT2D eigenvalue weighted by Gasteiger charge is -2.14. The van der Waals surface area contributed by atoms with Crippen molar-refractivity contribution in [1.82, 2.24) is 4.98 Å². The Morgan fingerprint density at radius 3 is 2.41 bits per heavy atom. The number of aromatic nitrogens is 1. The van der Waals surface area contributed by atoms with Gasteiger partial charge in [0, 0.05) is 23.4 Å². The number of hydrogen-bond donors (Lipinski definition) is 1. The average molecular weight is 386 g/mol. The smallest absolute Gasteiger partial charge is 0.164 e. The van der Waals surface area contributed by atoms with E-state index in [9.17, 15) is 4.79 Å². The van der Waals surface area contributed by atoms with Crippen molar-refractivity contribution in [2.75, 3.05) is 0 Å². The topological polar surface area (TPSA) is 32.9 Å². The zero-order valence-corrected chi connectivity index (χ0v) is 17.8. The number of fused-ring (bicyclic) bond motifs is 1. The fourth-order valence-corrected chi connectivity index (χ4v) is 4.66. The molecule has 0 amide bonds. The molecule has 1 aliphatic rings. The summed E-state index contributed by atoms with van der Waals surface area (Å²) >= 11 is 0. The van der Waals surface area contributed by atoms with E-state index in [1.807, 2.05) is 0 Å². The van der Waals surface area contributed by atoms with E-state index in [1.54, 1.807) is 0 Å². The fourth-order valence-electron chi connectivity index (χ4n) is 4.66. The summed E-state index contributed by atoms with van der Waals surface area (Å²) in [6.45, 7) is 6.62. The molecule has 0 bridgehead atoms. The van der Waals surface area contributed by atoms with Crippen LogP contribution in [0.25, 0.3) is 22.4 Å². The lowest BCUT2D eigenvalue weighted by Crippen LogP contribution is -2.04. The maximum atomic E-state index is 12.8. The Morgan fingerprint density at radius 1 is 0.897 bits per heavy atom. The van der Waals surface area contributed by atoms with Crippen molar-refractivity contribution < 1.29 is 4.79 Å². The summed E-state index contributed by atoms with van der Waals surface area (Å²) < 4.78 is 0. The van der Waals surface area contributed by atoms with E-state index in [0.717, 1.165) is 54.6 Å². The molecule has 3 aromatic rings. The molecule has 0 aliphatic heterocycles. The molecule has 0 saturated heterocycles. The van der Waals surface area contributed by atoms with Crippen molar-refractivity contribution in [2.45, 2.75) is 59.3 Å². The molecule has 2 heteroatoms. The average Bonchev–Trinajstić information content (AvgIpc) is 3.14. The van der Waals surface area contributed by atoms with E-state index in [0.29, 0.717) is 18.1 Å². The van der Waals surface area contributed by atoms with Gasteiger partial charge in [-0.25, -0.2) is 0 Å². The molecular formula is C27H31NO. The van der Waals surface area contributed by atoms with Crippen molar-refractivity contribution in [2.24, 2.45) is 5.92 Å². The summed E-state index contributed by atoms with van der Waals surface area (Å²) in [7, 11) is 0. The van der Waals surface area contributed by atoms with Crippen LogP contribution in [0.2, 0.25) is 0 Å². The third kappa shape index (κ3) is 3.81. The number of H-pyrrole nitrogens is 1. The lowest BCUT2D eigenvalue weighted by molar-refractivity contribution is 0.0962. The minimum atomic E-state index is 0.300. The summed E-state index contributed by atoms with van der Waals surface area (Å²) in [4.78, 5) is 16.4. The van der Waals surface area contributed by atoms with Gasteiger partial charge in [-0.05, 0) is 71.6 Å². The Hall–Kier alpha value is -2.61. The first-order chi connectivity index (χ1) is 14.1. The molecule has 1 aliphatic carbocycles. The Bertz CT molecular complexity index is 1030. The number of rotatable bonds is 5. The van der Waals surface area contributed by atoms with Gasteiger partial charge in [0.05, 0.1) is 0 Å². The molecule has 0 spiro atoms. The Balaban J connectivity index is 1.76. The summed E-state index contributed by atoms with van der Waals surface area (Å²) in [6.07, 6.45) is 5.86. The second-order valence-corrected chi connectivity index (χ2v) is 8.25. The van der Waals surface area contributed by atoms with Gasteiger partial charge < -0.3 is 4.98 Å². The van der Waals surface area contributed by atoms with Gasteiger partial charge in [0.15, 0.2) is 5.78 Å². The highest BCUT2D eigenvalue weighted by atomic mass is 16.1. The maximum Gasteiger partial charge on any atom is 0.164 e. The normalized spacial score (nSPS) is 16.5. The van der Waals surface area contributed by atoms with Gasteiger partial charge in [-0.2, -0.15) is 0 Å². The van der Waals surface area contributed by atoms with Crippen LogP contribution in [0.4, 0.5) is 0 Å². The van der Waals surface area contributed by atoms with Gasteiger partial charge >= 0.3 is 0 Å². The van der Waals surface area contributed by atoms with Gasteiger partial charge in [-0.3, -0.25) is 4.79 Å². The van der Waals surface area contributed by atoms with Gasteiger partial charge in [0.25, 0.3) is 0 Å². The number of nitrogens with one attached hydrogen (secondary N) is 1. The molecule has 0 fully saturated rings. The lowest BCUT2D eigenvalue weighted by atomic mass is 9.91. The molecule has 4 rings (SSSR count). The first-order valence-corrected chi connectivity index (χ1v) is 11.1. The SMILES string of the molecule is CCc1ccccc1-c1cc(-c2cc3c([nH]2)CCC(CC)CC3=O)ccc1CC. The Kier molecular flexibility index (Phi) is 5.71. The van der Waals surface area contributed by atoms with Crippen LogP contribution in [-0.2, 0) is 19.3 Å². The van der Waals surface area contributed by atoms with E-state index in [2.05, 4.69) is 74.3 Å². The monoisotopic (exact) mass is 385 g/mol. The molecule has 0 radical (unpaired) electrons. The van der Waals surface area contributed by atoms with Crippen molar-refractivity contribution in [3.8, 4) is 22.4 Å². The molecule has 2 nitrogen and oxygen atoms in total. The molecule has 29 heavy (non-hydrogen) atoms. The van der Waals surface area contributed by atoms with Crippen molar-refractivity contribution >= 4 is 5.78 Å². The summed E-state index contributed by atoms with van der Waals surface area (Å²) in [6, 6.07) is 17.5. The molecule has 1 N–H and O–H groups in total. The zero-order valence-electron chi connectivity index (χ0n) is 17.8. The molecule has 1 atom stereocenters. The van der Waals surface area contributed by atoms with Crippen LogP contribution in [0, 0.1) is 5.92 Å². The number of carbonyl (C=O) groups is 1. The molecule has 2 aromatic carbocycles. The predicted molar refractivity (Wildman–Crippen MR) is 121 cm³/mol. The number of Topliss-reactive ketones (excluding diaryl/α,β-unsaturated/α-hetero) is 1. The molecule has 150 valence electrons. The summed E-state index contributed by atoms with van der Waals surface area (Å²) in [5.41, 5.74) is 9.63. The highest BCUT2D eigenvalue weighted by molar-refractivity contribution is 5.99. The number of aromatic amines is 1. The molecule has 1 unspecified atom stereocenters. The predicted octanol–water partition coefficient (Wildman–Crippen LogP) is 7.02. The second-order valence-electron chi connectivity index (χ2n) is 8.25. The van der Waals surface area contributed by atoms with E-state index < -0.39 is 0 Å². The first kappa shape index (κ1) is 19.7. The number of ketones is 1. The van der Waals surface area contributed by atoms with Crippen molar-refractivity contribution in [1.29, 1.82) is 0 Å². The standard InChI is InChI=1S/C27H31NO/c1-4-18-11-14-25-24(27(29)15-18)17-26(28-25)21-13-12-20(6-3)23(16-21)22-10-8-7-9-19(22)5-2/h7-10,12-13,16-18,28H,4-6,11,14-15H2,1-3H3. The molecule has 1 heterocycles. The Labute approximate surface area is 174 Å². The minimum absolute atomic E-state index is 0.300.